The zero-order valence-electron chi connectivity index (χ0n) is 26.2. The van der Waals surface area contributed by atoms with Gasteiger partial charge in [-0.3, -0.25) is 24.0 Å². The molecule has 242 valence electrons. The van der Waals surface area contributed by atoms with Gasteiger partial charge in [0, 0.05) is 62.8 Å². The number of carbonyl (C=O) groups excluding carboxylic acids is 2. The van der Waals surface area contributed by atoms with Crippen molar-refractivity contribution in [3.05, 3.63) is 135 Å². The quantitative estimate of drug-likeness (QED) is 0.0913. The Bertz CT molecular complexity index is 1890. The largest absolute Gasteiger partial charge is 0.348 e. The number of rotatable bonds is 13. The first-order valence-corrected chi connectivity index (χ1v) is 16.2. The van der Waals surface area contributed by atoms with Crippen LogP contribution in [0.2, 0.25) is 5.02 Å². The molecule has 47 heavy (non-hydrogen) atoms. The lowest BCUT2D eigenvalue weighted by atomic mass is 10.0. The number of hydrogen-bond donors (Lipinski definition) is 0. The molecule has 2 aromatic heterocycles. The maximum absolute atomic E-state index is 13.5. The van der Waals surface area contributed by atoms with Crippen molar-refractivity contribution in [1.29, 1.82) is 0 Å². The number of aryl methyl sites for hydroxylation is 1. The number of halogens is 2. The summed E-state index contributed by atoms with van der Waals surface area (Å²) in [6, 6.07) is 21.5. The summed E-state index contributed by atoms with van der Waals surface area (Å²) in [6.07, 6.45) is 5.17. The van der Waals surface area contributed by atoms with Gasteiger partial charge in [-0.05, 0) is 52.1 Å². The van der Waals surface area contributed by atoms with Crippen LogP contribution in [-0.4, -0.2) is 62.0 Å². The molecule has 0 saturated carbocycles. The summed E-state index contributed by atoms with van der Waals surface area (Å²) in [6.45, 7) is 0.192. The number of carbonyl (C=O) groups is 2. The zero-order chi connectivity index (χ0) is 33.5. The van der Waals surface area contributed by atoms with E-state index in [-0.39, 0.29) is 31.2 Å². The first-order valence-electron chi connectivity index (χ1n) is 14.8. The van der Waals surface area contributed by atoms with E-state index in [0.29, 0.717) is 21.5 Å². The first-order chi connectivity index (χ1) is 22.6. The van der Waals surface area contributed by atoms with Gasteiger partial charge in [0.15, 0.2) is 11.4 Å². The summed E-state index contributed by atoms with van der Waals surface area (Å²) >= 11 is 7.31. The van der Waals surface area contributed by atoms with E-state index in [4.69, 9.17) is 11.6 Å². The van der Waals surface area contributed by atoms with Crippen LogP contribution in [-0.2, 0) is 35.4 Å². The van der Waals surface area contributed by atoms with Gasteiger partial charge >= 0.3 is 0 Å². The fourth-order valence-corrected chi connectivity index (χ4v) is 6.06. The van der Waals surface area contributed by atoms with E-state index in [2.05, 4.69) is 10.1 Å². The van der Waals surface area contributed by atoms with Gasteiger partial charge in [-0.25, -0.2) is 4.39 Å². The number of likely N-dealkylation sites (N-methyl/N-ethyl adjacent to an activating group) is 1. The molecule has 0 aliphatic carbocycles. The van der Waals surface area contributed by atoms with Crippen LogP contribution in [0.15, 0.2) is 101 Å². The van der Waals surface area contributed by atoms with Crippen LogP contribution in [0, 0.1) is 5.82 Å². The Labute approximate surface area is 281 Å². The molecule has 0 aliphatic rings. The Morgan fingerprint density at radius 3 is 2.19 bits per heavy atom. The molecule has 0 saturated heterocycles. The minimum atomic E-state index is -0.980. The Morgan fingerprint density at radius 1 is 0.957 bits per heavy atom. The summed E-state index contributed by atoms with van der Waals surface area (Å²) in [5, 5.41) is 5.15. The number of aromatic nitrogens is 4. The standard InChI is InChI=1S/C35H34ClFN6O3S/c1-40(2)33(45)21-42(19-24-4-8-27(9-5-24)28-10-12-30(36)13-11-28)32(22-44)43-20-29(16-26-17-38-41(3)18-26)34(46)39-35(43)47-23-25-6-14-31(37)15-7-25/h4-15,17-18,20,22,32H,16,19,21,23H2,1-3H3. The second kappa shape index (κ2) is 15.3. The molecule has 0 bridgehead atoms. The smallest absolute Gasteiger partial charge is 0.277 e. The predicted molar refractivity (Wildman–Crippen MR) is 182 cm³/mol. The number of nitrogens with zero attached hydrogens (tertiary/aromatic N) is 6. The lowest BCUT2D eigenvalue weighted by Gasteiger charge is -2.31. The second-order valence-corrected chi connectivity index (χ2v) is 12.7. The molecule has 5 rings (SSSR count). The van der Waals surface area contributed by atoms with Gasteiger partial charge in [0.05, 0.1) is 12.7 Å². The van der Waals surface area contributed by atoms with Gasteiger partial charge < -0.3 is 9.47 Å². The molecule has 3 aromatic carbocycles. The third-order valence-corrected chi connectivity index (χ3v) is 8.85. The molecule has 12 heteroatoms. The first kappa shape index (κ1) is 33.8. The topological polar surface area (TPSA) is 93.3 Å². The minimum absolute atomic E-state index is 0.0680. The third kappa shape index (κ3) is 8.82. The number of aldehydes is 1. The number of benzene rings is 3. The van der Waals surface area contributed by atoms with Crippen LogP contribution in [0.4, 0.5) is 4.39 Å². The van der Waals surface area contributed by atoms with Crippen LogP contribution in [0.5, 0.6) is 0 Å². The number of thioether (sulfide) groups is 1. The van der Waals surface area contributed by atoms with Crippen LogP contribution in [0.3, 0.4) is 0 Å². The van der Waals surface area contributed by atoms with Crippen molar-refractivity contribution in [3.8, 4) is 11.1 Å². The molecule has 1 unspecified atom stereocenters. The molecule has 1 atom stereocenters. The van der Waals surface area contributed by atoms with Gasteiger partial charge in [0.1, 0.15) is 12.0 Å². The van der Waals surface area contributed by atoms with Crippen molar-refractivity contribution in [2.45, 2.75) is 30.0 Å². The molecule has 2 heterocycles. The molecular weight excluding hydrogens is 639 g/mol. The highest BCUT2D eigenvalue weighted by Gasteiger charge is 2.26. The van der Waals surface area contributed by atoms with Gasteiger partial charge in [-0.1, -0.05) is 71.9 Å². The lowest BCUT2D eigenvalue weighted by Crippen LogP contribution is -2.42. The van der Waals surface area contributed by atoms with E-state index < -0.39 is 11.7 Å². The van der Waals surface area contributed by atoms with Crippen molar-refractivity contribution in [2.24, 2.45) is 7.05 Å². The zero-order valence-corrected chi connectivity index (χ0v) is 27.8. The van der Waals surface area contributed by atoms with Crippen LogP contribution >= 0.6 is 23.4 Å². The van der Waals surface area contributed by atoms with Gasteiger partial charge in [-0.2, -0.15) is 10.1 Å². The van der Waals surface area contributed by atoms with E-state index in [1.807, 2.05) is 54.7 Å². The second-order valence-electron chi connectivity index (χ2n) is 11.3. The number of hydrogen-bond acceptors (Lipinski definition) is 7. The van der Waals surface area contributed by atoms with E-state index in [1.54, 1.807) is 59.8 Å². The Hall–Kier alpha value is -4.58. The fourth-order valence-electron chi connectivity index (χ4n) is 4.99. The SMILES string of the molecule is CN(C)C(=O)CN(Cc1ccc(-c2ccc(Cl)cc2)cc1)C(C=O)n1cc(Cc2cnn(C)c2)c(=O)nc1SCc1ccc(F)cc1. The van der Waals surface area contributed by atoms with E-state index in [9.17, 15) is 18.8 Å². The van der Waals surface area contributed by atoms with Gasteiger partial charge in [0.25, 0.3) is 5.56 Å². The maximum atomic E-state index is 13.5. The van der Waals surface area contributed by atoms with E-state index in [1.165, 1.54) is 28.8 Å². The van der Waals surface area contributed by atoms with Crippen LogP contribution < -0.4 is 5.56 Å². The molecule has 0 N–H and O–H groups in total. The molecular formula is C35H34ClFN6O3S. The van der Waals surface area contributed by atoms with Crippen molar-refractivity contribution in [1.82, 2.24) is 29.1 Å². The van der Waals surface area contributed by atoms with E-state index >= 15 is 0 Å². The highest BCUT2D eigenvalue weighted by atomic mass is 35.5. The molecule has 0 radical (unpaired) electrons. The van der Waals surface area contributed by atoms with Crippen molar-refractivity contribution in [3.63, 3.8) is 0 Å². The Balaban J connectivity index is 1.51. The molecule has 9 nitrogen and oxygen atoms in total. The van der Waals surface area contributed by atoms with Crippen LogP contribution in [0.25, 0.3) is 11.1 Å². The average Bonchev–Trinajstić information content (AvgIpc) is 3.47. The lowest BCUT2D eigenvalue weighted by molar-refractivity contribution is -0.132. The molecule has 0 aliphatic heterocycles. The predicted octanol–water partition coefficient (Wildman–Crippen LogP) is 5.61. The summed E-state index contributed by atoms with van der Waals surface area (Å²) in [5.41, 5.74) is 4.47. The van der Waals surface area contributed by atoms with Gasteiger partial charge in [0.2, 0.25) is 5.91 Å². The van der Waals surface area contributed by atoms with E-state index in [0.717, 1.165) is 34.1 Å². The van der Waals surface area contributed by atoms with Crippen LogP contribution in [0.1, 0.15) is 28.4 Å². The van der Waals surface area contributed by atoms with Crippen molar-refractivity contribution < 1.29 is 14.0 Å². The highest BCUT2D eigenvalue weighted by Crippen LogP contribution is 2.27. The summed E-state index contributed by atoms with van der Waals surface area (Å²) in [5.74, 6) is -0.167. The maximum Gasteiger partial charge on any atom is 0.277 e. The average molecular weight is 673 g/mol. The van der Waals surface area contributed by atoms with Gasteiger partial charge in [-0.15, -0.1) is 0 Å². The summed E-state index contributed by atoms with van der Waals surface area (Å²) in [4.78, 5) is 47.0. The normalized spacial score (nSPS) is 11.9. The van der Waals surface area contributed by atoms with Crippen molar-refractivity contribution in [2.75, 3.05) is 20.6 Å². The highest BCUT2D eigenvalue weighted by molar-refractivity contribution is 7.98. The molecule has 5 aromatic rings. The Morgan fingerprint density at radius 2 is 1.60 bits per heavy atom. The minimum Gasteiger partial charge on any atom is -0.348 e. The fraction of sp³-hybridized carbons (Fsp3) is 0.229. The summed E-state index contributed by atoms with van der Waals surface area (Å²) in [7, 11) is 5.11. The monoisotopic (exact) mass is 672 g/mol. The summed E-state index contributed by atoms with van der Waals surface area (Å²) < 4.78 is 16.8. The third-order valence-electron chi connectivity index (χ3n) is 7.56. The number of amides is 1. The molecule has 1 amide bonds. The molecule has 0 spiro atoms. The van der Waals surface area contributed by atoms with Crippen molar-refractivity contribution >= 4 is 35.6 Å². The molecule has 0 fully saturated rings. The Kier molecular flexibility index (Phi) is 11.0.